The van der Waals surface area contributed by atoms with E-state index in [1.165, 1.54) is 0 Å². The molecule has 29 heavy (non-hydrogen) atoms. The monoisotopic (exact) mass is 386 g/mol. The van der Waals surface area contributed by atoms with Gasteiger partial charge in [0.1, 0.15) is 12.4 Å². The molecule has 0 saturated heterocycles. The number of nitrogens with one attached hydrogen (secondary N) is 2. The van der Waals surface area contributed by atoms with Crippen molar-refractivity contribution in [3.05, 3.63) is 100 Å². The van der Waals surface area contributed by atoms with Crippen LogP contribution < -0.4 is 15.6 Å². The number of pyridine rings is 1. The van der Waals surface area contributed by atoms with Gasteiger partial charge in [0, 0.05) is 29.9 Å². The number of hydrogen-bond donors (Lipinski definition) is 2. The summed E-state index contributed by atoms with van der Waals surface area (Å²) < 4.78 is 5.73. The average Bonchev–Trinajstić information content (AvgIpc) is 2.78. The van der Waals surface area contributed by atoms with Crippen molar-refractivity contribution in [2.45, 2.75) is 13.2 Å². The molecule has 0 bridgehead atoms. The lowest BCUT2D eigenvalue weighted by Gasteiger charge is -2.09. The third-order valence-corrected chi connectivity index (χ3v) is 4.42. The molecular weight excluding hydrogens is 368 g/mol. The fourth-order valence-corrected chi connectivity index (χ4v) is 2.91. The molecule has 1 amide bonds. The van der Waals surface area contributed by atoms with Crippen LogP contribution in [0.3, 0.4) is 0 Å². The minimum absolute atomic E-state index is 0.191. The quantitative estimate of drug-likeness (QED) is 0.531. The van der Waals surface area contributed by atoms with Crippen molar-refractivity contribution < 1.29 is 9.53 Å². The van der Waals surface area contributed by atoms with Gasteiger partial charge in [0.05, 0.1) is 5.39 Å². The Morgan fingerprint density at radius 1 is 0.966 bits per heavy atom. The van der Waals surface area contributed by atoms with Gasteiger partial charge in [-0.2, -0.15) is 5.10 Å². The smallest absolute Gasteiger partial charge is 0.272 e. The molecule has 0 radical (unpaired) electrons. The highest BCUT2D eigenvalue weighted by atomic mass is 16.5. The standard InChI is InChI=1S/C22H18N4O3/c27-21-19-6-2-1-5-18(19)20(25-26-21)22(28)24-13-15-7-9-17(10-8-15)29-14-16-4-3-11-23-12-16/h1-12H,13-14H2,(H,24,28)(H,26,27). The summed E-state index contributed by atoms with van der Waals surface area (Å²) in [5.74, 6) is 0.381. The highest BCUT2D eigenvalue weighted by Gasteiger charge is 2.13. The first-order valence-electron chi connectivity index (χ1n) is 9.07. The number of H-pyrrole nitrogens is 1. The van der Waals surface area contributed by atoms with Crippen molar-refractivity contribution in [3.8, 4) is 5.75 Å². The molecule has 0 saturated carbocycles. The summed E-state index contributed by atoms with van der Waals surface area (Å²) in [7, 11) is 0. The van der Waals surface area contributed by atoms with E-state index >= 15 is 0 Å². The summed E-state index contributed by atoms with van der Waals surface area (Å²) in [5.41, 5.74) is 1.78. The van der Waals surface area contributed by atoms with E-state index in [9.17, 15) is 9.59 Å². The van der Waals surface area contributed by atoms with Crippen LogP contribution in [0.2, 0.25) is 0 Å². The zero-order valence-electron chi connectivity index (χ0n) is 15.5. The molecule has 0 aliphatic carbocycles. The zero-order chi connectivity index (χ0) is 20.1. The lowest BCUT2D eigenvalue weighted by atomic mass is 10.1. The van der Waals surface area contributed by atoms with E-state index in [0.717, 1.165) is 16.9 Å². The Hall–Kier alpha value is -4.00. The minimum atomic E-state index is -0.352. The molecule has 144 valence electrons. The van der Waals surface area contributed by atoms with E-state index in [1.807, 2.05) is 36.4 Å². The number of carbonyl (C=O) groups is 1. The highest BCUT2D eigenvalue weighted by Crippen LogP contribution is 2.15. The number of hydrogen-bond acceptors (Lipinski definition) is 5. The second-order valence-corrected chi connectivity index (χ2v) is 6.42. The van der Waals surface area contributed by atoms with Gasteiger partial charge in [0.25, 0.3) is 11.5 Å². The van der Waals surface area contributed by atoms with Gasteiger partial charge in [-0.15, -0.1) is 0 Å². The first-order valence-corrected chi connectivity index (χ1v) is 9.07. The molecule has 0 atom stereocenters. The van der Waals surface area contributed by atoms with Gasteiger partial charge in [-0.1, -0.05) is 36.4 Å². The Kier molecular flexibility index (Phi) is 5.29. The third kappa shape index (κ3) is 4.30. The van der Waals surface area contributed by atoms with Crippen LogP contribution in [-0.4, -0.2) is 21.1 Å². The highest BCUT2D eigenvalue weighted by molar-refractivity contribution is 6.04. The van der Waals surface area contributed by atoms with E-state index in [2.05, 4.69) is 20.5 Å². The van der Waals surface area contributed by atoms with Gasteiger partial charge in [-0.3, -0.25) is 14.6 Å². The fraction of sp³-hybridized carbons (Fsp3) is 0.0909. The number of benzene rings is 2. The molecular formula is C22H18N4O3. The molecule has 0 fully saturated rings. The van der Waals surface area contributed by atoms with Crippen LogP contribution in [-0.2, 0) is 13.2 Å². The average molecular weight is 386 g/mol. The molecule has 7 nitrogen and oxygen atoms in total. The Balaban J connectivity index is 1.39. The number of amides is 1. The Labute approximate surface area is 166 Å². The van der Waals surface area contributed by atoms with Crippen LogP contribution in [0.25, 0.3) is 10.8 Å². The van der Waals surface area contributed by atoms with Gasteiger partial charge in [0.15, 0.2) is 5.69 Å². The molecule has 2 aromatic heterocycles. The van der Waals surface area contributed by atoms with Crippen molar-refractivity contribution in [3.63, 3.8) is 0 Å². The number of aromatic nitrogens is 3. The predicted molar refractivity (Wildman–Crippen MR) is 109 cm³/mol. The van der Waals surface area contributed by atoms with Gasteiger partial charge < -0.3 is 10.1 Å². The van der Waals surface area contributed by atoms with E-state index in [1.54, 1.807) is 36.7 Å². The summed E-state index contributed by atoms with van der Waals surface area (Å²) in [6, 6.07) is 18.2. The summed E-state index contributed by atoms with van der Waals surface area (Å²) in [6.45, 7) is 0.770. The summed E-state index contributed by atoms with van der Waals surface area (Å²) in [5, 5.41) is 10.1. The van der Waals surface area contributed by atoms with Crippen molar-refractivity contribution in [2.24, 2.45) is 0 Å². The molecule has 2 aromatic carbocycles. The van der Waals surface area contributed by atoms with E-state index in [-0.39, 0.29) is 17.2 Å². The van der Waals surface area contributed by atoms with Gasteiger partial charge in [-0.25, -0.2) is 5.10 Å². The molecule has 2 heterocycles. The van der Waals surface area contributed by atoms with Crippen LogP contribution >= 0.6 is 0 Å². The van der Waals surface area contributed by atoms with Crippen molar-refractivity contribution >= 4 is 16.7 Å². The van der Waals surface area contributed by atoms with Crippen LogP contribution in [0, 0.1) is 0 Å². The van der Waals surface area contributed by atoms with Crippen molar-refractivity contribution in [1.82, 2.24) is 20.5 Å². The number of rotatable bonds is 6. The Morgan fingerprint density at radius 2 is 1.76 bits per heavy atom. The van der Waals surface area contributed by atoms with Crippen molar-refractivity contribution in [2.75, 3.05) is 0 Å². The van der Waals surface area contributed by atoms with Crippen LogP contribution in [0.4, 0.5) is 0 Å². The topological polar surface area (TPSA) is 97.0 Å². The summed E-state index contributed by atoms with van der Waals surface area (Å²) >= 11 is 0. The third-order valence-electron chi connectivity index (χ3n) is 4.42. The van der Waals surface area contributed by atoms with Gasteiger partial charge in [0.2, 0.25) is 0 Å². The maximum atomic E-state index is 12.5. The summed E-state index contributed by atoms with van der Waals surface area (Å²) in [6.07, 6.45) is 3.48. The molecule has 0 unspecified atom stereocenters. The number of carbonyl (C=O) groups excluding carboxylic acids is 1. The van der Waals surface area contributed by atoms with Crippen LogP contribution in [0.1, 0.15) is 21.6 Å². The molecule has 0 spiro atoms. The van der Waals surface area contributed by atoms with Crippen molar-refractivity contribution in [1.29, 1.82) is 0 Å². The van der Waals surface area contributed by atoms with Gasteiger partial charge >= 0.3 is 0 Å². The normalized spacial score (nSPS) is 10.6. The first-order chi connectivity index (χ1) is 14.2. The zero-order valence-corrected chi connectivity index (χ0v) is 15.5. The molecule has 2 N–H and O–H groups in total. The second kappa shape index (κ2) is 8.35. The maximum absolute atomic E-state index is 12.5. The molecule has 4 aromatic rings. The van der Waals surface area contributed by atoms with E-state index in [0.29, 0.717) is 23.9 Å². The lowest BCUT2D eigenvalue weighted by molar-refractivity contribution is 0.0946. The fourth-order valence-electron chi connectivity index (χ4n) is 2.91. The minimum Gasteiger partial charge on any atom is -0.489 e. The van der Waals surface area contributed by atoms with Crippen LogP contribution in [0.15, 0.2) is 77.9 Å². The number of nitrogens with zero attached hydrogens (tertiary/aromatic N) is 2. The lowest BCUT2D eigenvalue weighted by Crippen LogP contribution is -2.26. The molecule has 0 aliphatic rings. The number of fused-ring (bicyclic) bond motifs is 1. The van der Waals surface area contributed by atoms with E-state index < -0.39 is 0 Å². The maximum Gasteiger partial charge on any atom is 0.272 e. The SMILES string of the molecule is O=C(NCc1ccc(OCc2cccnc2)cc1)c1n[nH]c(=O)c2ccccc12. The number of aromatic amines is 1. The largest absolute Gasteiger partial charge is 0.489 e. The first kappa shape index (κ1) is 18.4. The molecule has 4 rings (SSSR count). The summed E-state index contributed by atoms with van der Waals surface area (Å²) in [4.78, 5) is 28.4. The second-order valence-electron chi connectivity index (χ2n) is 6.42. The molecule has 7 heteroatoms. The molecule has 0 aliphatic heterocycles. The van der Waals surface area contributed by atoms with Crippen LogP contribution in [0.5, 0.6) is 5.75 Å². The van der Waals surface area contributed by atoms with Gasteiger partial charge in [-0.05, 0) is 29.8 Å². The number of ether oxygens (including phenoxy) is 1. The van der Waals surface area contributed by atoms with E-state index in [4.69, 9.17) is 4.74 Å². The predicted octanol–water partition coefficient (Wildman–Crippen LogP) is 2.83. The Bertz CT molecular complexity index is 1190. The Morgan fingerprint density at radius 3 is 2.52 bits per heavy atom.